The van der Waals surface area contributed by atoms with Gasteiger partial charge in [-0.05, 0) is 30.7 Å². The molecule has 1 N–H and O–H groups in total. The molecule has 0 amide bonds. The fourth-order valence-electron chi connectivity index (χ4n) is 2.39. The molecule has 3 rings (SSSR count). The minimum absolute atomic E-state index is 0.479. The Morgan fingerprint density at radius 1 is 1.30 bits per heavy atom. The van der Waals surface area contributed by atoms with E-state index in [-0.39, 0.29) is 0 Å². The predicted molar refractivity (Wildman–Crippen MR) is 77.9 cm³/mol. The Kier molecular flexibility index (Phi) is 3.56. The molecule has 4 nitrogen and oxygen atoms in total. The van der Waals surface area contributed by atoms with Gasteiger partial charge in [-0.15, -0.1) is 0 Å². The van der Waals surface area contributed by atoms with Gasteiger partial charge < -0.3 is 14.7 Å². The van der Waals surface area contributed by atoms with Crippen LogP contribution in [0.3, 0.4) is 0 Å². The maximum atomic E-state index is 9.69. The van der Waals surface area contributed by atoms with Gasteiger partial charge in [0.05, 0.1) is 12.6 Å². The van der Waals surface area contributed by atoms with E-state index in [1.165, 1.54) is 0 Å². The molecule has 0 aliphatic carbocycles. The van der Waals surface area contributed by atoms with E-state index >= 15 is 0 Å². The molecule has 20 heavy (non-hydrogen) atoms. The summed E-state index contributed by atoms with van der Waals surface area (Å²) in [5, 5.41) is 9.69. The molecule has 1 aliphatic rings. The number of hydrogen-bond acceptors (Lipinski definition) is 4. The lowest BCUT2D eigenvalue weighted by Gasteiger charge is -2.21. The summed E-state index contributed by atoms with van der Waals surface area (Å²) in [6, 6.07) is 11.9. The average molecular weight is 270 g/mol. The summed E-state index contributed by atoms with van der Waals surface area (Å²) in [6.45, 7) is 3.95. The van der Waals surface area contributed by atoms with E-state index in [4.69, 9.17) is 4.74 Å². The number of anilines is 1. The molecule has 1 atom stereocenters. The number of benzene rings is 1. The first-order chi connectivity index (χ1) is 9.74. The Morgan fingerprint density at radius 2 is 2.15 bits per heavy atom. The lowest BCUT2D eigenvalue weighted by atomic mass is 10.1. The van der Waals surface area contributed by atoms with Gasteiger partial charge >= 0.3 is 0 Å². The lowest BCUT2D eigenvalue weighted by molar-refractivity contribution is 0.199. The minimum Gasteiger partial charge on any atom is -0.491 e. The highest BCUT2D eigenvalue weighted by Gasteiger charge is 2.16. The molecule has 1 aromatic carbocycles. The first-order valence-corrected chi connectivity index (χ1v) is 6.84. The highest BCUT2D eigenvalue weighted by molar-refractivity contribution is 5.45. The van der Waals surface area contributed by atoms with Gasteiger partial charge in [0.25, 0.3) is 0 Å². The van der Waals surface area contributed by atoms with Gasteiger partial charge in [-0.2, -0.15) is 0 Å². The minimum atomic E-state index is -0.479. The molecule has 2 heterocycles. The number of pyridine rings is 1. The highest BCUT2D eigenvalue weighted by Crippen LogP contribution is 2.26. The van der Waals surface area contributed by atoms with Crippen molar-refractivity contribution < 1.29 is 9.84 Å². The standard InChI is InChI=1S/C16H18N2O2/c1-12(19)13-6-7-17-16(10-13)18-8-9-20-15-5-3-2-4-14(15)11-18/h2-7,10,12,19H,8-9,11H2,1H3/t12-/m1/s1. The molecule has 0 unspecified atom stereocenters. The van der Waals surface area contributed by atoms with Gasteiger partial charge in [0.2, 0.25) is 0 Å². The number of nitrogens with zero attached hydrogens (tertiary/aromatic N) is 2. The van der Waals surface area contributed by atoms with Crippen LogP contribution in [0.4, 0.5) is 5.82 Å². The van der Waals surface area contributed by atoms with E-state index < -0.39 is 6.10 Å². The van der Waals surface area contributed by atoms with Crippen molar-refractivity contribution in [2.45, 2.75) is 19.6 Å². The summed E-state index contributed by atoms with van der Waals surface area (Å²) < 4.78 is 5.76. The fraction of sp³-hybridized carbons (Fsp3) is 0.312. The van der Waals surface area contributed by atoms with Gasteiger partial charge in [-0.1, -0.05) is 18.2 Å². The Bertz CT molecular complexity index is 599. The second-order valence-electron chi connectivity index (χ2n) is 5.00. The molecule has 4 heteroatoms. The lowest BCUT2D eigenvalue weighted by Crippen LogP contribution is -2.26. The zero-order valence-corrected chi connectivity index (χ0v) is 11.5. The molecule has 0 saturated carbocycles. The third-order valence-electron chi connectivity index (χ3n) is 3.53. The highest BCUT2D eigenvalue weighted by atomic mass is 16.5. The van der Waals surface area contributed by atoms with Crippen LogP contribution >= 0.6 is 0 Å². The molecule has 0 bridgehead atoms. The van der Waals surface area contributed by atoms with Gasteiger partial charge in [0.15, 0.2) is 0 Å². The number of para-hydroxylation sites is 1. The van der Waals surface area contributed by atoms with Crippen LogP contribution < -0.4 is 9.64 Å². The molecule has 1 aromatic heterocycles. The van der Waals surface area contributed by atoms with E-state index in [9.17, 15) is 5.11 Å². The van der Waals surface area contributed by atoms with Crippen LogP contribution in [0.15, 0.2) is 42.6 Å². The molecule has 0 fully saturated rings. The Hall–Kier alpha value is -2.07. The molecule has 0 radical (unpaired) electrons. The van der Waals surface area contributed by atoms with E-state index in [2.05, 4.69) is 16.0 Å². The van der Waals surface area contributed by atoms with E-state index in [0.29, 0.717) is 6.61 Å². The first kappa shape index (κ1) is 12.9. The summed E-state index contributed by atoms with van der Waals surface area (Å²) in [7, 11) is 0. The maximum absolute atomic E-state index is 9.69. The fourth-order valence-corrected chi connectivity index (χ4v) is 2.39. The van der Waals surface area contributed by atoms with Crippen LogP contribution in [0.2, 0.25) is 0 Å². The smallest absolute Gasteiger partial charge is 0.129 e. The van der Waals surface area contributed by atoms with Crippen LogP contribution in [-0.4, -0.2) is 23.2 Å². The maximum Gasteiger partial charge on any atom is 0.129 e. The molecule has 2 aromatic rings. The number of aliphatic hydroxyl groups is 1. The largest absolute Gasteiger partial charge is 0.491 e. The van der Waals surface area contributed by atoms with Gasteiger partial charge in [-0.3, -0.25) is 0 Å². The quantitative estimate of drug-likeness (QED) is 0.911. The predicted octanol–water partition coefficient (Wildman–Crippen LogP) is 2.53. The number of ether oxygens (including phenoxy) is 1. The van der Waals surface area contributed by atoms with Crippen LogP contribution in [0.25, 0.3) is 0 Å². The van der Waals surface area contributed by atoms with Crippen molar-refractivity contribution in [3.8, 4) is 5.75 Å². The van der Waals surface area contributed by atoms with Crippen molar-refractivity contribution in [1.82, 2.24) is 4.98 Å². The van der Waals surface area contributed by atoms with Gasteiger partial charge in [0.1, 0.15) is 18.2 Å². The number of rotatable bonds is 2. The Balaban J connectivity index is 1.89. The van der Waals surface area contributed by atoms with E-state index in [1.807, 2.05) is 30.3 Å². The molecule has 1 aliphatic heterocycles. The van der Waals surface area contributed by atoms with Crippen LogP contribution in [0.5, 0.6) is 5.75 Å². The van der Waals surface area contributed by atoms with Crippen LogP contribution in [-0.2, 0) is 6.54 Å². The molecule has 104 valence electrons. The summed E-state index contributed by atoms with van der Waals surface area (Å²) in [6.07, 6.45) is 1.27. The summed E-state index contributed by atoms with van der Waals surface area (Å²) in [4.78, 5) is 6.60. The van der Waals surface area contributed by atoms with E-state index in [0.717, 1.165) is 35.8 Å². The molecular weight excluding hydrogens is 252 g/mol. The second-order valence-corrected chi connectivity index (χ2v) is 5.00. The summed E-state index contributed by atoms with van der Waals surface area (Å²) >= 11 is 0. The van der Waals surface area contributed by atoms with Crippen molar-refractivity contribution in [3.63, 3.8) is 0 Å². The average Bonchev–Trinajstić information content (AvgIpc) is 2.69. The van der Waals surface area contributed by atoms with Crippen LogP contribution in [0, 0.1) is 0 Å². The van der Waals surface area contributed by atoms with Gasteiger partial charge in [0, 0.05) is 18.3 Å². The zero-order chi connectivity index (χ0) is 13.9. The molecule has 0 spiro atoms. The van der Waals surface area contributed by atoms with Crippen LogP contribution in [0.1, 0.15) is 24.2 Å². The third kappa shape index (κ3) is 2.60. The topological polar surface area (TPSA) is 45.6 Å². The molecular formula is C16H18N2O2. The van der Waals surface area contributed by atoms with Gasteiger partial charge in [-0.25, -0.2) is 4.98 Å². The summed E-state index contributed by atoms with van der Waals surface area (Å²) in [5.41, 5.74) is 2.04. The Labute approximate surface area is 118 Å². The van der Waals surface area contributed by atoms with Crippen molar-refractivity contribution in [1.29, 1.82) is 0 Å². The van der Waals surface area contributed by atoms with Crippen molar-refractivity contribution >= 4 is 5.82 Å². The number of aromatic nitrogens is 1. The van der Waals surface area contributed by atoms with Crippen molar-refractivity contribution in [2.75, 3.05) is 18.1 Å². The molecule has 0 saturated heterocycles. The normalized spacial score (nSPS) is 16.0. The van der Waals surface area contributed by atoms with Crippen molar-refractivity contribution in [3.05, 3.63) is 53.7 Å². The third-order valence-corrected chi connectivity index (χ3v) is 3.53. The number of hydrogen-bond donors (Lipinski definition) is 1. The summed E-state index contributed by atoms with van der Waals surface area (Å²) in [5.74, 6) is 1.82. The SMILES string of the molecule is C[C@@H](O)c1ccnc(N2CCOc3ccccc3C2)c1. The number of fused-ring (bicyclic) bond motifs is 1. The van der Waals surface area contributed by atoms with E-state index in [1.54, 1.807) is 13.1 Å². The number of aliphatic hydroxyl groups excluding tert-OH is 1. The first-order valence-electron chi connectivity index (χ1n) is 6.84. The Morgan fingerprint density at radius 3 is 3.00 bits per heavy atom. The van der Waals surface area contributed by atoms with Crippen molar-refractivity contribution in [2.24, 2.45) is 0 Å². The monoisotopic (exact) mass is 270 g/mol. The second kappa shape index (κ2) is 5.51. The zero-order valence-electron chi connectivity index (χ0n) is 11.5.